The maximum Gasteiger partial charge on any atom is 0.335 e. The lowest BCUT2D eigenvalue weighted by Gasteiger charge is -2.23. The first-order chi connectivity index (χ1) is 15.7. The summed E-state index contributed by atoms with van der Waals surface area (Å²) in [5, 5.41) is 8.95. The minimum Gasteiger partial charge on any atom is -0.422 e. The Morgan fingerprint density at radius 3 is 2.34 bits per heavy atom. The highest BCUT2D eigenvalue weighted by molar-refractivity contribution is 6.10. The monoisotopic (exact) mass is 418 g/mol. The molecule has 0 aromatic heterocycles. The van der Waals surface area contributed by atoms with Crippen LogP contribution in [0.2, 0.25) is 0 Å². The van der Waals surface area contributed by atoms with Crippen LogP contribution in [0, 0.1) is 0 Å². The topological polar surface area (TPSA) is 41.9 Å². The van der Waals surface area contributed by atoms with Crippen molar-refractivity contribution in [2.45, 2.75) is 12.5 Å². The molecule has 4 aromatic carbocycles. The smallest absolute Gasteiger partial charge is 0.335 e. The number of fused-ring (bicyclic) bond motifs is 1. The first kappa shape index (κ1) is 19.8. The Morgan fingerprint density at radius 2 is 1.59 bits per heavy atom. The molecule has 0 N–H and O–H groups in total. The van der Waals surface area contributed by atoms with Crippen molar-refractivity contribution in [3.05, 3.63) is 121 Å². The maximum absolute atomic E-state index is 12.2. The van der Waals surface area contributed by atoms with E-state index in [1.54, 1.807) is 0 Å². The van der Waals surface area contributed by atoms with Crippen molar-refractivity contribution >= 4 is 28.1 Å². The number of hydrazone groups is 1. The predicted octanol–water partition coefficient (Wildman–Crippen LogP) is 6.29. The van der Waals surface area contributed by atoms with E-state index in [-0.39, 0.29) is 6.04 Å². The van der Waals surface area contributed by atoms with Crippen molar-refractivity contribution in [1.82, 2.24) is 0 Å². The van der Waals surface area contributed by atoms with E-state index >= 15 is 0 Å². The molecule has 0 unspecified atom stereocenters. The Labute approximate surface area is 187 Å². The highest BCUT2D eigenvalue weighted by atomic mass is 16.5. The standard InChI is InChI=1S/C28H22N2O2/c1-2-27(31)32-28-23-16-10-9-11-20(23)17-18-24(28)25-19-26(21-12-5-3-6-13-21)30(29-25)22-14-7-4-8-15-22/h2-18,26H,1,19H2/t26-/m1/s1. The first-order valence-corrected chi connectivity index (χ1v) is 10.6. The van der Waals surface area contributed by atoms with Crippen LogP contribution in [-0.4, -0.2) is 11.7 Å². The quantitative estimate of drug-likeness (QED) is 0.217. The van der Waals surface area contributed by atoms with E-state index in [9.17, 15) is 4.79 Å². The molecule has 0 amide bonds. The molecule has 156 valence electrons. The summed E-state index contributed by atoms with van der Waals surface area (Å²) in [5.41, 5.74) is 3.89. The summed E-state index contributed by atoms with van der Waals surface area (Å²) in [4.78, 5) is 12.2. The summed E-state index contributed by atoms with van der Waals surface area (Å²) in [6.07, 6.45) is 1.88. The van der Waals surface area contributed by atoms with Gasteiger partial charge in [0.15, 0.2) is 0 Å². The van der Waals surface area contributed by atoms with Crippen molar-refractivity contribution in [3.8, 4) is 5.75 Å². The summed E-state index contributed by atoms with van der Waals surface area (Å²) in [6.45, 7) is 3.55. The van der Waals surface area contributed by atoms with E-state index < -0.39 is 5.97 Å². The van der Waals surface area contributed by atoms with Crippen LogP contribution >= 0.6 is 0 Å². The highest BCUT2D eigenvalue weighted by Gasteiger charge is 2.31. The predicted molar refractivity (Wildman–Crippen MR) is 129 cm³/mol. The number of nitrogens with zero attached hydrogens (tertiary/aromatic N) is 2. The Kier molecular flexibility index (Phi) is 5.26. The van der Waals surface area contributed by atoms with Crippen LogP contribution in [0.4, 0.5) is 5.69 Å². The van der Waals surface area contributed by atoms with Crippen LogP contribution in [-0.2, 0) is 4.79 Å². The van der Waals surface area contributed by atoms with E-state index in [2.05, 4.69) is 35.9 Å². The average molecular weight is 418 g/mol. The molecule has 32 heavy (non-hydrogen) atoms. The Morgan fingerprint density at radius 1 is 0.906 bits per heavy atom. The molecule has 4 heteroatoms. The molecule has 1 aliphatic heterocycles. The molecule has 0 radical (unpaired) electrons. The van der Waals surface area contributed by atoms with Crippen LogP contribution in [0.5, 0.6) is 5.75 Å². The van der Waals surface area contributed by atoms with Crippen LogP contribution in [0.3, 0.4) is 0 Å². The third-order valence-electron chi connectivity index (χ3n) is 5.68. The molecule has 0 bridgehead atoms. The minimum atomic E-state index is -0.485. The lowest BCUT2D eigenvalue weighted by Crippen LogP contribution is -2.18. The lowest BCUT2D eigenvalue weighted by molar-refractivity contribution is -0.128. The molecule has 0 fully saturated rings. The van der Waals surface area contributed by atoms with Gasteiger partial charge in [0.2, 0.25) is 0 Å². The van der Waals surface area contributed by atoms with E-state index in [1.807, 2.05) is 72.8 Å². The molecule has 4 aromatic rings. The fourth-order valence-electron chi connectivity index (χ4n) is 4.15. The van der Waals surface area contributed by atoms with Gasteiger partial charge >= 0.3 is 5.97 Å². The molecular formula is C28H22N2O2. The summed E-state index contributed by atoms with van der Waals surface area (Å²) in [7, 11) is 0. The molecule has 1 atom stereocenters. The second kappa shape index (κ2) is 8.52. The Hall–Kier alpha value is -4.18. The first-order valence-electron chi connectivity index (χ1n) is 10.6. The van der Waals surface area contributed by atoms with Crippen LogP contribution in [0.15, 0.2) is 115 Å². The van der Waals surface area contributed by atoms with Crippen LogP contribution < -0.4 is 9.75 Å². The maximum atomic E-state index is 12.2. The van der Waals surface area contributed by atoms with Crippen molar-refractivity contribution in [1.29, 1.82) is 0 Å². The number of hydrogen-bond donors (Lipinski definition) is 0. The molecule has 1 heterocycles. The molecule has 0 saturated heterocycles. The molecule has 5 rings (SSSR count). The summed E-state index contributed by atoms with van der Waals surface area (Å²) < 4.78 is 5.75. The third-order valence-corrected chi connectivity index (χ3v) is 5.68. The third kappa shape index (κ3) is 3.67. The largest absolute Gasteiger partial charge is 0.422 e. The van der Waals surface area contributed by atoms with E-state index in [4.69, 9.17) is 9.84 Å². The number of esters is 1. The van der Waals surface area contributed by atoms with Gasteiger partial charge in [-0.2, -0.15) is 5.10 Å². The van der Waals surface area contributed by atoms with Crippen molar-refractivity contribution in [2.75, 3.05) is 5.01 Å². The van der Waals surface area contributed by atoms with Gasteiger partial charge in [0.05, 0.1) is 17.4 Å². The lowest BCUT2D eigenvalue weighted by atomic mass is 9.96. The second-order valence-corrected chi connectivity index (χ2v) is 7.65. The fourth-order valence-corrected chi connectivity index (χ4v) is 4.15. The van der Waals surface area contributed by atoms with Crippen LogP contribution in [0.25, 0.3) is 10.8 Å². The Balaban J connectivity index is 1.65. The van der Waals surface area contributed by atoms with Gasteiger partial charge in [-0.25, -0.2) is 4.79 Å². The molecular weight excluding hydrogens is 396 g/mol. The highest BCUT2D eigenvalue weighted by Crippen LogP contribution is 2.40. The van der Waals surface area contributed by atoms with Crippen molar-refractivity contribution in [3.63, 3.8) is 0 Å². The summed E-state index contributed by atoms with van der Waals surface area (Å²) in [6, 6.07) is 32.4. The number of carbonyl (C=O) groups excluding carboxylic acids is 1. The summed E-state index contributed by atoms with van der Waals surface area (Å²) in [5.74, 6) is 0.0363. The van der Waals surface area contributed by atoms with E-state index in [0.717, 1.165) is 27.7 Å². The molecule has 4 nitrogen and oxygen atoms in total. The number of para-hydroxylation sites is 1. The number of ether oxygens (including phenoxy) is 1. The van der Waals surface area contributed by atoms with E-state index in [0.29, 0.717) is 12.2 Å². The van der Waals surface area contributed by atoms with Gasteiger partial charge in [0.25, 0.3) is 0 Å². The van der Waals surface area contributed by atoms with Crippen molar-refractivity contribution in [2.24, 2.45) is 5.10 Å². The zero-order valence-corrected chi connectivity index (χ0v) is 17.5. The molecule has 0 spiro atoms. The normalized spacial score (nSPS) is 15.4. The number of hydrogen-bond acceptors (Lipinski definition) is 4. The van der Waals surface area contributed by atoms with Gasteiger partial charge in [-0.1, -0.05) is 85.4 Å². The van der Waals surface area contributed by atoms with Gasteiger partial charge < -0.3 is 4.74 Å². The number of anilines is 1. The zero-order valence-electron chi connectivity index (χ0n) is 17.5. The van der Waals surface area contributed by atoms with E-state index in [1.165, 1.54) is 11.6 Å². The Bertz CT molecular complexity index is 1310. The van der Waals surface area contributed by atoms with Gasteiger partial charge in [0, 0.05) is 23.4 Å². The van der Waals surface area contributed by atoms with Gasteiger partial charge in [-0.05, 0) is 29.1 Å². The number of carbonyl (C=O) groups is 1. The van der Waals surface area contributed by atoms with Gasteiger partial charge in [-0.15, -0.1) is 0 Å². The molecule has 0 saturated carbocycles. The van der Waals surface area contributed by atoms with Crippen LogP contribution in [0.1, 0.15) is 23.6 Å². The second-order valence-electron chi connectivity index (χ2n) is 7.65. The fraction of sp³-hybridized carbons (Fsp3) is 0.0714. The SMILES string of the molecule is C=CC(=O)Oc1c(C2=NN(c3ccccc3)[C@@H](c3ccccc3)C2)ccc2ccccc12. The van der Waals surface area contributed by atoms with Gasteiger partial charge in [0.1, 0.15) is 5.75 Å². The van der Waals surface area contributed by atoms with Crippen molar-refractivity contribution < 1.29 is 9.53 Å². The summed E-state index contributed by atoms with van der Waals surface area (Å²) >= 11 is 0. The molecule has 0 aliphatic carbocycles. The molecule has 1 aliphatic rings. The zero-order chi connectivity index (χ0) is 21.9. The minimum absolute atomic E-state index is 0.0445. The number of benzene rings is 4. The number of rotatable bonds is 5. The van der Waals surface area contributed by atoms with Gasteiger partial charge in [-0.3, -0.25) is 5.01 Å². The average Bonchev–Trinajstić information content (AvgIpc) is 3.30.